The molecule has 0 aliphatic carbocycles. The van der Waals surface area contributed by atoms with Crippen molar-refractivity contribution >= 4 is 21.8 Å². The summed E-state index contributed by atoms with van der Waals surface area (Å²) < 4.78 is 36.1. The first-order valence-corrected chi connectivity index (χ1v) is 10.1. The standard InChI is InChI=1S/C20H23NO7S/c1-13-6-8-15(9-7-13)19(22)14(2)28-20(23)16-10-11-17(26-4)18(12-16)29(24,25)21(3)27-5/h6-12,14H,1-5H3/t14-/m0/s1. The minimum Gasteiger partial charge on any atom is -0.495 e. The molecule has 0 fully saturated rings. The Bertz CT molecular complexity index is 1000. The largest absolute Gasteiger partial charge is 0.495 e. The number of sulfonamides is 1. The average Bonchev–Trinajstić information content (AvgIpc) is 2.72. The van der Waals surface area contributed by atoms with Crippen molar-refractivity contribution in [3.05, 3.63) is 59.2 Å². The van der Waals surface area contributed by atoms with Crippen LogP contribution in [-0.2, 0) is 19.6 Å². The zero-order valence-corrected chi connectivity index (χ0v) is 17.6. The number of carbonyl (C=O) groups is 2. The first kappa shape index (κ1) is 22.5. The summed E-state index contributed by atoms with van der Waals surface area (Å²) in [6.07, 6.45) is -1.05. The van der Waals surface area contributed by atoms with Gasteiger partial charge in [-0.2, -0.15) is 0 Å². The van der Waals surface area contributed by atoms with Gasteiger partial charge in [0.05, 0.1) is 19.8 Å². The van der Waals surface area contributed by atoms with Gasteiger partial charge in [-0.25, -0.2) is 13.2 Å². The van der Waals surface area contributed by atoms with Crippen molar-refractivity contribution in [3.8, 4) is 5.75 Å². The first-order valence-electron chi connectivity index (χ1n) is 8.64. The Hall–Kier alpha value is -2.75. The molecular weight excluding hydrogens is 398 g/mol. The molecule has 0 aliphatic heterocycles. The quantitative estimate of drug-likeness (QED) is 0.367. The summed E-state index contributed by atoms with van der Waals surface area (Å²) in [4.78, 5) is 29.5. The van der Waals surface area contributed by atoms with Gasteiger partial charge in [0.25, 0.3) is 10.0 Å². The van der Waals surface area contributed by atoms with Crippen molar-refractivity contribution in [1.82, 2.24) is 4.47 Å². The number of aryl methyl sites for hydroxylation is 1. The number of hydroxylamine groups is 1. The molecule has 29 heavy (non-hydrogen) atoms. The molecule has 0 aromatic heterocycles. The smallest absolute Gasteiger partial charge is 0.338 e. The van der Waals surface area contributed by atoms with Crippen LogP contribution in [0.25, 0.3) is 0 Å². The molecule has 0 saturated carbocycles. The summed E-state index contributed by atoms with van der Waals surface area (Å²) in [5, 5.41) is 0. The summed E-state index contributed by atoms with van der Waals surface area (Å²) in [5.41, 5.74) is 1.37. The number of rotatable bonds is 8. The van der Waals surface area contributed by atoms with Crippen LogP contribution < -0.4 is 4.74 Å². The lowest BCUT2D eigenvalue weighted by molar-refractivity contribution is -0.0259. The highest BCUT2D eigenvalue weighted by Crippen LogP contribution is 2.28. The van der Waals surface area contributed by atoms with Gasteiger partial charge < -0.3 is 9.47 Å². The lowest BCUT2D eigenvalue weighted by atomic mass is 10.1. The van der Waals surface area contributed by atoms with E-state index >= 15 is 0 Å². The SMILES string of the molecule is COc1ccc(C(=O)O[C@@H](C)C(=O)c2ccc(C)cc2)cc1S(=O)(=O)N(C)OC. The van der Waals surface area contributed by atoms with Crippen LogP contribution in [0.2, 0.25) is 0 Å². The van der Waals surface area contributed by atoms with Crippen molar-refractivity contribution in [2.75, 3.05) is 21.3 Å². The minimum atomic E-state index is -4.07. The molecule has 0 heterocycles. The average molecular weight is 421 g/mol. The maximum atomic E-state index is 12.6. The summed E-state index contributed by atoms with van der Waals surface area (Å²) in [7, 11) is -0.356. The molecule has 8 nitrogen and oxygen atoms in total. The Kier molecular flexibility index (Phi) is 7.12. The third kappa shape index (κ3) is 5.00. The monoisotopic (exact) mass is 421 g/mol. The second kappa shape index (κ2) is 9.17. The number of benzene rings is 2. The van der Waals surface area contributed by atoms with Gasteiger partial charge in [0.2, 0.25) is 5.78 Å². The van der Waals surface area contributed by atoms with E-state index in [-0.39, 0.29) is 22.0 Å². The van der Waals surface area contributed by atoms with E-state index in [2.05, 4.69) is 0 Å². The highest BCUT2D eigenvalue weighted by molar-refractivity contribution is 7.89. The number of ether oxygens (including phenoxy) is 2. The molecule has 2 aromatic rings. The van der Waals surface area contributed by atoms with E-state index in [9.17, 15) is 18.0 Å². The maximum Gasteiger partial charge on any atom is 0.338 e. The summed E-state index contributed by atoms with van der Waals surface area (Å²) in [5.74, 6) is -1.16. The Labute approximate surface area is 170 Å². The lowest BCUT2D eigenvalue weighted by Crippen LogP contribution is -2.27. The fraction of sp³-hybridized carbons (Fsp3) is 0.300. The zero-order valence-electron chi connectivity index (χ0n) is 16.8. The Balaban J connectivity index is 2.28. The number of esters is 1. The van der Waals surface area contributed by atoms with Crippen molar-refractivity contribution in [2.24, 2.45) is 0 Å². The van der Waals surface area contributed by atoms with E-state index in [0.29, 0.717) is 10.0 Å². The van der Waals surface area contributed by atoms with Crippen LogP contribution in [-0.4, -0.2) is 52.0 Å². The van der Waals surface area contributed by atoms with E-state index < -0.39 is 22.1 Å². The van der Waals surface area contributed by atoms with Crippen LogP contribution >= 0.6 is 0 Å². The predicted molar refractivity (Wildman–Crippen MR) is 105 cm³/mol. The van der Waals surface area contributed by atoms with E-state index in [0.717, 1.165) is 11.6 Å². The van der Waals surface area contributed by atoms with Crippen molar-refractivity contribution < 1.29 is 32.3 Å². The number of nitrogens with zero attached hydrogens (tertiary/aromatic N) is 1. The van der Waals surface area contributed by atoms with Gasteiger partial charge in [0, 0.05) is 12.6 Å². The molecule has 0 radical (unpaired) electrons. The number of hydrogen-bond acceptors (Lipinski definition) is 7. The molecule has 0 amide bonds. The van der Waals surface area contributed by atoms with Crippen molar-refractivity contribution in [3.63, 3.8) is 0 Å². The number of Topliss-reactive ketones (excluding diaryl/α,β-unsaturated/α-hetero) is 1. The molecule has 2 rings (SSSR count). The second-order valence-corrected chi connectivity index (χ2v) is 8.14. The topological polar surface area (TPSA) is 99.2 Å². The highest BCUT2D eigenvalue weighted by atomic mass is 32.2. The molecule has 0 spiro atoms. The predicted octanol–water partition coefficient (Wildman–Crippen LogP) is 2.61. The summed E-state index contributed by atoms with van der Waals surface area (Å²) in [6, 6.07) is 10.7. The van der Waals surface area contributed by atoms with Gasteiger partial charge in [0.1, 0.15) is 10.6 Å². The Morgan fingerprint density at radius 1 is 1.00 bits per heavy atom. The first-order chi connectivity index (χ1) is 13.6. The lowest BCUT2D eigenvalue weighted by Gasteiger charge is -2.17. The van der Waals surface area contributed by atoms with Gasteiger partial charge in [-0.1, -0.05) is 34.3 Å². The van der Waals surface area contributed by atoms with Crippen molar-refractivity contribution in [2.45, 2.75) is 24.8 Å². The Morgan fingerprint density at radius 2 is 1.59 bits per heavy atom. The highest BCUT2D eigenvalue weighted by Gasteiger charge is 2.28. The van der Waals surface area contributed by atoms with Crippen LogP contribution in [0, 0.1) is 6.92 Å². The molecule has 9 heteroatoms. The van der Waals surface area contributed by atoms with E-state index in [1.807, 2.05) is 6.92 Å². The molecule has 0 unspecified atom stereocenters. The molecule has 0 saturated heterocycles. The number of carbonyl (C=O) groups excluding carboxylic acids is 2. The zero-order chi connectivity index (χ0) is 21.8. The van der Waals surface area contributed by atoms with Crippen LogP contribution in [0.5, 0.6) is 5.75 Å². The fourth-order valence-electron chi connectivity index (χ4n) is 2.48. The van der Waals surface area contributed by atoms with Crippen LogP contribution in [0.3, 0.4) is 0 Å². The van der Waals surface area contributed by atoms with Gasteiger partial charge in [0.15, 0.2) is 6.10 Å². The molecule has 156 valence electrons. The Morgan fingerprint density at radius 3 is 2.14 bits per heavy atom. The van der Waals surface area contributed by atoms with Gasteiger partial charge in [-0.3, -0.25) is 9.63 Å². The molecule has 0 aliphatic rings. The second-order valence-electron chi connectivity index (χ2n) is 6.24. The molecule has 0 N–H and O–H groups in total. The van der Waals surface area contributed by atoms with Crippen LogP contribution in [0.4, 0.5) is 0 Å². The van der Waals surface area contributed by atoms with Gasteiger partial charge in [-0.05, 0) is 32.0 Å². The number of methoxy groups -OCH3 is 1. The summed E-state index contributed by atoms with van der Waals surface area (Å²) >= 11 is 0. The number of ketones is 1. The summed E-state index contributed by atoms with van der Waals surface area (Å²) in [6.45, 7) is 3.36. The normalized spacial score (nSPS) is 12.5. The molecule has 0 bridgehead atoms. The minimum absolute atomic E-state index is 0.0363. The molecule has 2 aromatic carbocycles. The third-order valence-electron chi connectivity index (χ3n) is 4.26. The molecule has 1 atom stereocenters. The van der Waals surface area contributed by atoms with Crippen molar-refractivity contribution in [1.29, 1.82) is 0 Å². The van der Waals surface area contributed by atoms with Crippen LogP contribution in [0.1, 0.15) is 33.2 Å². The third-order valence-corrected chi connectivity index (χ3v) is 5.96. The van der Waals surface area contributed by atoms with E-state index in [1.54, 1.807) is 24.3 Å². The van der Waals surface area contributed by atoms with Gasteiger partial charge in [-0.15, -0.1) is 0 Å². The fourth-order valence-corrected chi connectivity index (χ4v) is 3.63. The van der Waals surface area contributed by atoms with E-state index in [1.165, 1.54) is 40.3 Å². The van der Waals surface area contributed by atoms with Gasteiger partial charge >= 0.3 is 5.97 Å². The number of hydrogen-bond donors (Lipinski definition) is 0. The van der Waals surface area contributed by atoms with E-state index in [4.69, 9.17) is 14.3 Å². The van der Waals surface area contributed by atoms with Crippen LogP contribution in [0.15, 0.2) is 47.4 Å². The molecular formula is C20H23NO7S. The maximum absolute atomic E-state index is 12.6.